The molecule has 0 aromatic carbocycles. The molecule has 0 aliphatic heterocycles. The van der Waals surface area contributed by atoms with Gasteiger partial charge in [-0.1, -0.05) is 0 Å². The topological polar surface area (TPSA) is 71.5 Å². The van der Waals surface area contributed by atoms with Gasteiger partial charge in [0, 0.05) is 18.5 Å². The summed E-state index contributed by atoms with van der Waals surface area (Å²) in [6.45, 7) is 3.95. The molecular formula is C9H14N2O3S. The van der Waals surface area contributed by atoms with Crippen LogP contribution in [0.5, 0.6) is 0 Å². The van der Waals surface area contributed by atoms with Crippen LogP contribution in [0.2, 0.25) is 0 Å². The van der Waals surface area contributed by atoms with E-state index in [4.69, 9.17) is 9.84 Å². The Labute approximate surface area is 92.1 Å². The summed E-state index contributed by atoms with van der Waals surface area (Å²) in [6.07, 6.45) is -0.0242. The minimum absolute atomic E-state index is 0.0242. The van der Waals surface area contributed by atoms with Gasteiger partial charge >= 0.3 is 5.97 Å². The number of hydrogen-bond donors (Lipinski definition) is 2. The summed E-state index contributed by atoms with van der Waals surface area (Å²) >= 11 is 1.41. The first-order chi connectivity index (χ1) is 7.22. The third-order valence-electron chi connectivity index (χ3n) is 1.61. The monoisotopic (exact) mass is 230 g/mol. The Balaban J connectivity index is 2.29. The van der Waals surface area contributed by atoms with Gasteiger partial charge in [-0.2, -0.15) is 0 Å². The van der Waals surface area contributed by atoms with Gasteiger partial charge in [-0.3, -0.25) is 4.79 Å². The number of carboxylic acids is 1. The van der Waals surface area contributed by atoms with E-state index in [9.17, 15) is 4.79 Å². The van der Waals surface area contributed by atoms with Crippen molar-refractivity contribution in [1.82, 2.24) is 4.98 Å². The van der Waals surface area contributed by atoms with Crippen LogP contribution in [0, 0.1) is 0 Å². The first-order valence-electron chi connectivity index (χ1n) is 4.70. The van der Waals surface area contributed by atoms with Crippen molar-refractivity contribution in [1.29, 1.82) is 0 Å². The maximum absolute atomic E-state index is 10.4. The number of thiazole rings is 1. The number of ether oxygens (including phenoxy) is 1. The summed E-state index contributed by atoms with van der Waals surface area (Å²) in [5.74, 6) is -0.860. The van der Waals surface area contributed by atoms with E-state index in [0.717, 1.165) is 5.13 Å². The highest BCUT2D eigenvalue weighted by Crippen LogP contribution is 2.15. The van der Waals surface area contributed by atoms with Crippen LogP contribution in [-0.2, 0) is 16.0 Å². The van der Waals surface area contributed by atoms with Crippen molar-refractivity contribution in [3.05, 3.63) is 11.1 Å². The van der Waals surface area contributed by atoms with E-state index in [1.54, 1.807) is 5.38 Å². The van der Waals surface area contributed by atoms with Gasteiger partial charge in [0.1, 0.15) is 0 Å². The highest BCUT2D eigenvalue weighted by atomic mass is 32.1. The van der Waals surface area contributed by atoms with Crippen LogP contribution in [0.25, 0.3) is 0 Å². The minimum Gasteiger partial charge on any atom is -0.481 e. The molecule has 1 heterocycles. The molecule has 5 nitrogen and oxygen atoms in total. The van der Waals surface area contributed by atoms with Crippen LogP contribution in [0.4, 0.5) is 5.13 Å². The summed E-state index contributed by atoms with van der Waals surface area (Å²) in [5.41, 5.74) is 0.589. The normalized spacial score (nSPS) is 10.2. The van der Waals surface area contributed by atoms with E-state index in [1.807, 2.05) is 6.92 Å². The molecule has 0 unspecified atom stereocenters. The SMILES string of the molecule is CCOCCNc1nc(CC(=O)O)cs1. The molecule has 84 valence electrons. The van der Waals surface area contributed by atoms with Crippen molar-refractivity contribution in [3.8, 4) is 0 Å². The van der Waals surface area contributed by atoms with Gasteiger partial charge in [-0.05, 0) is 6.92 Å². The van der Waals surface area contributed by atoms with Crippen molar-refractivity contribution in [3.63, 3.8) is 0 Å². The largest absolute Gasteiger partial charge is 0.481 e. The lowest BCUT2D eigenvalue weighted by Gasteiger charge is -2.01. The number of aliphatic carboxylic acids is 1. The molecule has 1 rings (SSSR count). The molecule has 2 N–H and O–H groups in total. The average molecular weight is 230 g/mol. The van der Waals surface area contributed by atoms with E-state index in [0.29, 0.717) is 25.5 Å². The molecule has 0 aliphatic carbocycles. The predicted molar refractivity (Wildman–Crippen MR) is 58.4 cm³/mol. The lowest BCUT2D eigenvalue weighted by Crippen LogP contribution is -2.09. The van der Waals surface area contributed by atoms with Gasteiger partial charge in [-0.25, -0.2) is 4.98 Å². The number of rotatable bonds is 7. The number of nitrogens with one attached hydrogen (secondary N) is 1. The van der Waals surface area contributed by atoms with Gasteiger partial charge in [0.25, 0.3) is 0 Å². The lowest BCUT2D eigenvalue weighted by molar-refractivity contribution is -0.136. The number of anilines is 1. The van der Waals surface area contributed by atoms with Crippen molar-refractivity contribution in [2.45, 2.75) is 13.3 Å². The second kappa shape index (κ2) is 6.36. The fourth-order valence-corrected chi connectivity index (χ4v) is 1.74. The molecule has 0 atom stereocenters. The van der Waals surface area contributed by atoms with Crippen LogP contribution >= 0.6 is 11.3 Å². The molecule has 0 aliphatic rings. The number of aromatic nitrogens is 1. The fourth-order valence-electron chi connectivity index (χ4n) is 0.999. The smallest absolute Gasteiger partial charge is 0.309 e. The zero-order valence-corrected chi connectivity index (χ0v) is 9.34. The van der Waals surface area contributed by atoms with Gasteiger partial charge in [0.05, 0.1) is 18.7 Å². The molecule has 0 saturated carbocycles. The summed E-state index contributed by atoms with van der Waals surface area (Å²) < 4.78 is 5.15. The first-order valence-corrected chi connectivity index (χ1v) is 5.58. The van der Waals surface area contributed by atoms with Crippen molar-refractivity contribution in [2.24, 2.45) is 0 Å². The predicted octanol–water partition coefficient (Wildman–Crippen LogP) is 1.22. The first kappa shape index (κ1) is 11.9. The van der Waals surface area contributed by atoms with Crippen molar-refractivity contribution < 1.29 is 14.6 Å². The van der Waals surface area contributed by atoms with Crippen LogP contribution < -0.4 is 5.32 Å². The third kappa shape index (κ3) is 4.75. The number of hydrogen-bond acceptors (Lipinski definition) is 5. The zero-order valence-electron chi connectivity index (χ0n) is 8.52. The Hall–Kier alpha value is -1.14. The molecule has 1 aromatic rings. The molecule has 0 amide bonds. The van der Waals surface area contributed by atoms with Crippen LogP contribution in [-0.4, -0.2) is 35.8 Å². The van der Waals surface area contributed by atoms with E-state index in [2.05, 4.69) is 10.3 Å². The van der Waals surface area contributed by atoms with Crippen molar-refractivity contribution in [2.75, 3.05) is 25.1 Å². The fraction of sp³-hybridized carbons (Fsp3) is 0.556. The van der Waals surface area contributed by atoms with Crippen LogP contribution in [0.3, 0.4) is 0 Å². The van der Waals surface area contributed by atoms with Gasteiger partial charge < -0.3 is 15.2 Å². The number of carbonyl (C=O) groups is 1. The molecule has 0 saturated heterocycles. The molecule has 0 radical (unpaired) electrons. The Morgan fingerprint density at radius 2 is 2.53 bits per heavy atom. The molecule has 6 heteroatoms. The van der Waals surface area contributed by atoms with E-state index in [-0.39, 0.29) is 6.42 Å². The maximum Gasteiger partial charge on any atom is 0.309 e. The molecule has 15 heavy (non-hydrogen) atoms. The molecule has 1 aromatic heterocycles. The quantitative estimate of drug-likeness (QED) is 0.689. The summed E-state index contributed by atoms with van der Waals surface area (Å²) in [6, 6.07) is 0. The Morgan fingerprint density at radius 1 is 1.73 bits per heavy atom. The van der Waals surface area contributed by atoms with Gasteiger partial charge in [0.15, 0.2) is 5.13 Å². The van der Waals surface area contributed by atoms with E-state index in [1.165, 1.54) is 11.3 Å². The molecular weight excluding hydrogens is 216 g/mol. The second-order valence-electron chi connectivity index (χ2n) is 2.84. The van der Waals surface area contributed by atoms with Gasteiger partial charge in [0.2, 0.25) is 0 Å². The summed E-state index contributed by atoms with van der Waals surface area (Å²) in [4.78, 5) is 14.5. The van der Waals surface area contributed by atoms with E-state index >= 15 is 0 Å². The lowest BCUT2D eigenvalue weighted by atomic mass is 10.3. The summed E-state index contributed by atoms with van der Waals surface area (Å²) in [5, 5.41) is 14.1. The Morgan fingerprint density at radius 3 is 3.20 bits per heavy atom. The molecule has 0 fully saturated rings. The van der Waals surface area contributed by atoms with E-state index < -0.39 is 5.97 Å². The Bertz CT molecular complexity index is 314. The summed E-state index contributed by atoms with van der Waals surface area (Å²) in [7, 11) is 0. The standard InChI is InChI=1S/C9H14N2O3S/c1-2-14-4-3-10-9-11-7(6-15-9)5-8(12)13/h6H,2-5H2,1H3,(H,10,11)(H,12,13). The zero-order chi connectivity index (χ0) is 11.1. The Kier molecular flexibility index (Phi) is 5.06. The van der Waals surface area contributed by atoms with Crippen LogP contribution in [0.1, 0.15) is 12.6 Å². The molecule has 0 bridgehead atoms. The minimum atomic E-state index is -0.860. The van der Waals surface area contributed by atoms with Crippen LogP contribution in [0.15, 0.2) is 5.38 Å². The van der Waals surface area contributed by atoms with Gasteiger partial charge in [-0.15, -0.1) is 11.3 Å². The average Bonchev–Trinajstić information content (AvgIpc) is 2.59. The third-order valence-corrected chi connectivity index (χ3v) is 2.46. The maximum atomic E-state index is 10.4. The highest BCUT2D eigenvalue weighted by molar-refractivity contribution is 7.13. The molecule has 0 spiro atoms. The highest BCUT2D eigenvalue weighted by Gasteiger charge is 2.05. The second-order valence-corrected chi connectivity index (χ2v) is 3.70. The number of nitrogens with zero attached hydrogens (tertiary/aromatic N) is 1. The van der Waals surface area contributed by atoms with Crippen molar-refractivity contribution >= 4 is 22.4 Å². The number of carboxylic acid groups (broad SMARTS) is 1.